The molecule has 0 amide bonds. The molecule has 3 aromatic rings. The van der Waals surface area contributed by atoms with E-state index in [4.69, 9.17) is 0 Å². The van der Waals surface area contributed by atoms with Gasteiger partial charge in [-0.3, -0.25) is 0 Å². The minimum atomic E-state index is -4.05. The number of aliphatic carboxylic acids is 1. The summed E-state index contributed by atoms with van der Waals surface area (Å²) in [4.78, 5) is 12.4. The molecule has 176 valence electrons. The minimum absolute atomic E-state index is 0.0511. The normalized spacial score (nSPS) is 19.0. The molecule has 4 rings (SSSR count). The van der Waals surface area contributed by atoms with Crippen LogP contribution in [0.1, 0.15) is 47.7 Å². The number of benzene rings is 3. The van der Waals surface area contributed by atoms with Gasteiger partial charge in [-0.15, -0.1) is 0 Å². The molecule has 1 aliphatic rings. The highest BCUT2D eigenvalue weighted by atomic mass is 79.9. The van der Waals surface area contributed by atoms with Crippen LogP contribution in [0.2, 0.25) is 0 Å². The molecule has 5 nitrogen and oxygen atoms in total. The lowest BCUT2D eigenvalue weighted by Gasteiger charge is -2.40. The first-order chi connectivity index (χ1) is 16.2. The molecule has 3 aromatic carbocycles. The number of carbonyl (C=O) groups is 1. The van der Waals surface area contributed by atoms with Gasteiger partial charge in [0, 0.05) is 4.47 Å². The maximum absolute atomic E-state index is 14.1. The third-order valence-corrected chi connectivity index (χ3v) is 8.58. The Labute approximate surface area is 208 Å². The monoisotopic (exact) mass is 539 g/mol. The lowest BCUT2D eigenvalue weighted by Crippen LogP contribution is -2.42. The van der Waals surface area contributed by atoms with Crippen LogP contribution in [0.4, 0.5) is 0 Å². The number of hydrogen-bond acceptors (Lipinski definition) is 3. The fraction of sp³-hybridized carbons (Fsp3) is 0.222. The predicted octanol–water partition coefficient (Wildman–Crippen LogP) is 6.21. The highest BCUT2D eigenvalue weighted by Gasteiger charge is 2.44. The Bertz CT molecular complexity index is 1330. The van der Waals surface area contributed by atoms with Gasteiger partial charge in [0.2, 0.25) is 10.0 Å². The number of carboxylic acid groups (broad SMARTS) is 1. The summed E-state index contributed by atoms with van der Waals surface area (Å²) in [6.45, 7) is 3.96. The van der Waals surface area contributed by atoms with Gasteiger partial charge in [-0.05, 0) is 60.7 Å². The smallest absolute Gasteiger partial charge is 0.333 e. The fourth-order valence-corrected chi connectivity index (χ4v) is 6.57. The molecule has 0 aromatic heterocycles. The van der Waals surface area contributed by atoms with Crippen LogP contribution in [0, 0.1) is 6.92 Å². The summed E-state index contributed by atoms with van der Waals surface area (Å²) >= 11 is 3.45. The average molecular weight is 540 g/mol. The molecule has 0 fully saturated rings. The number of carboxylic acids is 1. The third kappa shape index (κ3) is 4.73. The zero-order chi connectivity index (χ0) is 24.5. The average Bonchev–Trinajstić information content (AvgIpc) is 2.83. The molecule has 0 spiro atoms. The van der Waals surface area contributed by atoms with Gasteiger partial charge in [0.25, 0.3) is 0 Å². The Kier molecular flexibility index (Phi) is 7.07. The van der Waals surface area contributed by atoms with E-state index in [2.05, 4.69) is 22.9 Å². The molecule has 1 N–H and O–H groups in total. The van der Waals surface area contributed by atoms with Crippen LogP contribution in [0.5, 0.6) is 0 Å². The molecule has 0 radical (unpaired) electrons. The van der Waals surface area contributed by atoms with E-state index in [0.717, 1.165) is 27.6 Å². The van der Waals surface area contributed by atoms with E-state index in [1.807, 2.05) is 37.3 Å². The maximum atomic E-state index is 14.1. The van der Waals surface area contributed by atoms with Crippen molar-refractivity contribution in [2.75, 3.05) is 0 Å². The molecule has 0 saturated heterocycles. The first-order valence-electron chi connectivity index (χ1n) is 11.1. The summed E-state index contributed by atoms with van der Waals surface area (Å²) in [5.74, 6) is -1.13. The van der Waals surface area contributed by atoms with Crippen molar-refractivity contribution in [3.8, 4) is 0 Å². The summed E-state index contributed by atoms with van der Waals surface area (Å²) in [7, 11) is -4.05. The highest BCUT2D eigenvalue weighted by molar-refractivity contribution is 9.10. The van der Waals surface area contributed by atoms with Gasteiger partial charge in [0.1, 0.15) is 0 Å². The summed E-state index contributed by atoms with van der Waals surface area (Å²) in [6.07, 6.45) is 2.80. The highest BCUT2D eigenvalue weighted by Crippen LogP contribution is 2.46. The van der Waals surface area contributed by atoms with E-state index in [0.29, 0.717) is 5.56 Å². The summed E-state index contributed by atoms with van der Waals surface area (Å²) in [5, 5.41) is 10.1. The molecule has 1 heterocycles. The Balaban J connectivity index is 1.96. The van der Waals surface area contributed by atoms with Crippen LogP contribution in [0.15, 0.2) is 93.8 Å². The van der Waals surface area contributed by atoms with Crippen molar-refractivity contribution in [3.63, 3.8) is 0 Å². The molecular formula is C27H26BrNO4S. The molecule has 0 aliphatic carbocycles. The molecule has 2 atom stereocenters. The van der Waals surface area contributed by atoms with Crippen molar-refractivity contribution in [2.45, 2.75) is 43.7 Å². The van der Waals surface area contributed by atoms with Crippen LogP contribution in [0.3, 0.4) is 0 Å². The van der Waals surface area contributed by atoms with Gasteiger partial charge in [0.15, 0.2) is 0 Å². The maximum Gasteiger partial charge on any atom is 0.333 e. The molecule has 0 saturated carbocycles. The quantitative estimate of drug-likeness (QED) is 0.404. The van der Waals surface area contributed by atoms with E-state index in [1.165, 1.54) is 4.31 Å². The zero-order valence-electron chi connectivity index (χ0n) is 19.0. The Morgan fingerprint density at radius 3 is 2.29 bits per heavy atom. The largest absolute Gasteiger partial charge is 0.478 e. The Hall–Kier alpha value is -2.74. The van der Waals surface area contributed by atoms with E-state index in [1.54, 1.807) is 48.5 Å². The van der Waals surface area contributed by atoms with E-state index < -0.39 is 28.1 Å². The van der Waals surface area contributed by atoms with Crippen LogP contribution in [-0.2, 0) is 21.2 Å². The van der Waals surface area contributed by atoms with Gasteiger partial charge in [-0.25, -0.2) is 13.2 Å². The van der Waals surface area contributed by atoms with Crippen molar-refractivity contribution >= 4 is 31.9 Å². The second-order valence-electron chi connectivity index (χ2n) is 8.42. The standard InChI is InChI=1S/C27H26BrNO4S/c1-3-19-9-11-20(12-10-19)25-16-15-24(27(30)31)26(21-5-4-6-22(28)17-21)29(25)34(32,33)23-13-7-18(2)8-14-23/h4-15,17,25-26H,3,16H2,1-2H3,(H,30,31)/t25-,26-/m0/s1. The predicted molar refractivity (Wildman–Crippen MR) is 136 cm³/mol. The van der Waals surface area contributed by atoms with Crippen LogP contribution < -0.4 is 0 Å². The third-order valence-electron chi connectivity index (χ3n) is 6.20. The van der Waals surface area contributed by atoms with E-state index in [9.17, 15) is 18.3 Å². The van der Waals surface area contributed by atoms with Crippen LogP contribution in [-0.4, -0.2) is 23.8 Å². The van der Waals surface area contributed by atoms with E-state index >= 15 is 0 Å². The zero-order valence-corrected chi connectivity index (χ0v) is 21.4. The van der Waals surface area contributed by atoms with Crippen molar-refractivity contribution in [1.82, 2.24) is 4.31 Å². The van der Waals surface area contributed by atoms with Gasteiger partial charge in [-0.2, -0.15) is 4.31 Å². The van der Waals surface area contributed by atoms with Crippen molar-refractivity contribution in [2.24, 2.45) is 0 Å². The second-order valence-corrected chi connectivity index (χ2v) is 11.2. The van der Waals surface area contributed by atoms with Gasteiger partial charge in [-0.1, -0.05) is 83.0 Å². The molecule has 7 heteroatoms. The van der Waals surface area contributed by atoms with Gasteiger partial charge in [0.05, 0.1) is 22.6 Å². The van der Waals surface area contributed by atoms with Crippen LogP contribution in [0.25, 0.3) is 0 Å². The molecular weight excluding hydrogens is 514 g/mol. The number of aryl methyl sites for hydroxylation is 2. The minimum Gasteiger partial charge on any atom is -0.478 e. The number of halogens is 1. The lowest BCUT2D eigenvalue weighted by atomic mass is 9.89. The molecule has 34 heavy (non-hydrogen) atoms. The summed E-state index contributed by atoms with van der Waals surface area (Å²) in [5.41, 5.74) is 3.56. The lowest BCUT2D eigenvalue weighted by molar-refractivity contribution is -0.133. The Morgan fingerprint density at radius 2 is 1.71 bits per heavy atom. The first-order valence-corrected chi connectivity index (χ1v) is 13.3. The van der Waals surface area contributed by atoms with Crippen molar-refractivity contribution in [1.29, 1.82) is 0 Å². The number of nitrogens with zero attached hydrogens (tertiary/aromatic N) is 1. The molecule has 0 unspecified atom stereocenters. The summed E-state index contributed by atoms with van der Waals surface area (Å²) in [6, 6.07) is 20.2. The molecule has 0 bridgehead atoms. The van der Waals surface area contributed by atoms with Gasteiger partial charge >= 0.3 is 5.97 Å². The van der Waals surface area contributed by atoms with Crippen molar-refractivity contribution in [3.05, 3.63) is 111 Å². The SMILES string of the molecule is CCc1ccc([C@@H]2CC=C(C(=O)O)[C@H](c3cccc(Br)c3)N2S(=O)(=O)c2ccc(C)cc2)cc1. The van der Waals surface area contributed by atoms with Crippen molar-refractivity contribution < 1.29 is 18.3 Å². The molecule has 1 aliphatic heterocycles. The second kappa shape index (κ2) is 9.86. The number of sulfonamides is 1. The van der Waals surface area contributed by atoms with E-state index in [-0.39, 0.29) is 16.9 Å². The van der Waals surface area contributed by atoms with Gasteiger partial charge < -0.3 is 5.11 Å². The fourth-order valence-electron chi connectivity index (χ4n) is 4.38. The topological polar surface area (TPSA) is 74.7 Å². The Morgan fingerprint density at radius 1 is 1.03 bits per heavy atom. The number of rotatable bonds is 6. The summed E-state index contributed by atoms with van der Waals surface area (Å²) < 4.78 is 30.4. The number of hydrogen-bond donors (Lipinski definition) is 1. The van der Waals surface area contributed by atoms with Crippen LogP contribution >= 0.6 is 15.9 Å². The first kappa shape index (κ1) is 24.4.